The molecule has 0 aromatic heterocycles. The number of rotatable bonds is 5. The Kier molecular flexibility index (Phi) is 6.05. The van der Waals surface area contributed by atoms with Gasteiger partial charge in [-0.15, -0.1) is 18.2 Å². The first-order chi connectivity index (χ1) is 5.24. The van der Waals surface area contributed by atoms with E-state index in [9.17, 15) is 0 Å². The molecule has 11 heavy (non-hydrogen) atoms. The van der Waals surface area contributed by atoms with E-state index >= 15 is 0 Å². The molecule has 0 rings (SSSR count). The number of alkyl halides is 1. The van der Waals surface area contributed by atoms with Crippen molar-refractivity contribution in [1.82, 2.24) is 0 Å². The van der Waals surface area contributed by atoms with Gasteiger partial charge < -0.3 is 5.73 Å². The molecule has 0 amide bonds. The second-order valence-electron chi connectivity index (χ2n) is 2.55. The summed E-state index contributed by atoms with van der Waals surface area (Å²) in [5.74, 6) is 0.963. The van der Waals surface area contributed by atoms with Gasteiger partial charge in [0, 0.05) is 5.70 Å². The first kappa shape index (κ1) is 10.6. The van der Waals surface area contributed by atoms with Crippen LogP contribution < -0.4 is 5.73 Å². The normalized spacial score (nSPS) is 14.5. The van der Waals surface area contributed by atoms with E-state index in [4.69, 9.17) is 17.3 Å². The summed E-state index contributed by atoms with van der Waals surface area (Å²) in [6.07, 6.45) is 6.00. The molecule has 64 valence electrons. The molecule has 2 heteroatoms. The summed E-state index contributed by atoms with van der Waals surface area (Å²) in [5, 5.41) is 0. The number of halogens is 1. The lowest BCUT2D eigenvalue weighted by atomic mass is 10.0. The summed E-state index contributed by atoms with van der Waals surface area (Å²) >= 11 is 5.50. The highest BCUT2D eigenvalue weighted by molar-refractivity contribution is 6.19. The maximum Gasteiger partial charge on any atom is 0.0616 e. The van der Waals surface area contributed by atoms with E-state index in [-0.39, 0.29) is 0 Å². The number of nitrogens with two attached hydrogens (primary N) is 1. The molecule has 0 radical (unpaired) electrons. The molecule has 0 aliphatic rings. The topological polar surface area (TPSA) is 26.0 Å². The van der Waals surface area contributed by atoms with Gasteiger partial charge in [-0.05, 0) is 18.8 Å². The Labute approximate surface area is 73.9 Å². The third kappa shape index (κ3) is 4.91. The van der Waals surface area contributed by atoms with Crippen molar-refractivity contribution >= 4 is 11.6 Å². The molecule has 0 aliphatic heterocycles. The Morgan fingerprint density at radius 1 is 1.73 bits per heavy atom. The molecule has 0 heterocycles. The van der Waals surface area contributed by atoms with E-state index in [0.29, 0.717) is 11.8 Å². The van der Waals surface area contributed by atoms with Crippen LogP contribution in [0, 0.1) is 5.92 Å². The van der Waals surface area contributed by atoms with Gasteiger partial charge in [0.1, 0.15) is 0 Å². The summed E-state index contributed by atoms with van der Waals surface area (Å²) in [5.41, 5.74) is 6.28. The quantitative estimate of drug-likeness (QED) is 0.502. The maximum absolute atomic E-state index is 5.53. The summed E-state index contributed by atoms with van der Waals surface area (Å²) < 4.78 is 0. The van der Waals surface area contributed by atoms with Crippen molar-refractivity contribution in [2.75, 3.05) is 5.88 Å². The Balaban J connectivity index is 3.73. The largest absolute Gasteiger partial charge is 0.401 e. The molecule has 0 aliphatic carbocycles. The van der Waals surface area contributed by atoms with Gasteiger partial charge in [0.15, 0.2) is 0 Å². The molecule has 0 saturated heterocycles. The average Bonchev–Trinajstić information content (AvgIpc) is 2.06. The first-order valence-corrected chi connectivity index (χ1v) is 4.41. The van der Waals surface area contributed by atoms with Crippen molar-refractivity contribution < 1.29 is 0 Å². The van der Waals surface area contributed by atoms with E-state index < -0.39 is 0 Å². The zero-order valence-corrected chi connectivity index (χ0v) is 7.77. The van der Waals surface area contributed by atoms with Crippen LogP contribution in [0.5, 0.6) is 0 Å². The van der Waals surface area contributed by atoms with Crippen LogP contribution in [0.3, 0.4) is 0 Å². The Bertz CT molecular complexity index is 140. The van der Waals surface area contributed by atoms with E-state index in [1.165, 1.54) is 0 Å². The Morgan fingerprint density at radius 2 is 2.36 bits per heavy atom. The van der Waals surface area contributed by atoms with Crippen LogP contribution >= 0.6 is 11.6 Å². The molecule has 1 unspecified atom stereocenters. The highest BCUT2D eigenvalue weighted by Crippen LogP contribution is 2.10. The monoisotopic (exact) mass is 173 g/mol. The van der Waals surface area contributed by atoms with Crippen molar-refractivity contribution in [1.29, 1.82) is 0 Å². The molecule has 0 aromatic rings. The van der Waals surface area contributed by atoms with Crippen LogP contribution in [0.15, 0.2) is 24.4 Å². The van der Waals surface area contributed by atoms with Crippen LogP contribution in [-0.4, -0.2) is 5.88 Å². The lowest BCUT2D eigenvalue weighted by Gasteiger charge is -2.05. The second-order valence-corrected chi connectivity index (χ2v) is 2.82. The zero-order valence-electron chi connectivity index (χ0n) is 7.02. The highest BCUT2D eigenvalue weighted by atomic mass is 35.5. The van der Waals surface area contributed by atoms with E-state index in [0.717, 1.165) is 18.5 Å². The van der Waals surface area contributed by atoms with Gasteiger partial charge in [0.05, 0.1) is 5.88 Å². The van der Waals surface area contributed by atoms with Crippen molar-refractivity contribution in [3.8, 4) is 0 Å². The summed E-state index contributed by atoms with van der Waals surface area (Å²) in [6.45, 7) is 5.87. The number of hydrogen-bond acceptors (Lipinski definition) is 1. The van der Waals surface area contributed by atoms with Gasteiger partial charge in [-0.1, -0.05) is 19.1 Å². The molecule has 0 saturated carbocycles. The van der Waals surface area contributed by atoms with Gasteiger partial charge in [-0.2, -0.15) is 0 Å². The lowest BCUT2D eigenvalue weighted by Crippen LogP contribution is -2.00. The Morgan fingerprint density at radius 3 is 2.73 bits per heavy atom. The maximum atomic E-state index is 5.53. The van der Waals surface area contributed by atoms with Gasteiger partial charge in [0.2, 0.25) is 0 Å². The number of hydrogen-bond donors (Lipinski definition) is 1. The van der Waals surface area contributed by atoms with Gasteiger partial charge in [-0.3, -0.25) is 0 Å². The molecule has 1 nitrogen and oxygen atoms in total. The fourth-order valence-corrected chi connectivity index (χ4v) is 0.896. The lowest BCUT2D eigenvalue weighted by molar-refractivity contribution is 0.637. The molecular weight excluding hydrogens is 158 g/mol. The van der Waals surface area contributed by atoms with Crippen molar-refractivity contribution in [2.45, 2.75) is 19.8 Å². The van der Waals surface area contributed by atoms with E-state index in [1.54, 1.807) is 0 Å². The van der Waals surface area contributed by atoms with E-state index in [1.807, 2.05) is 12.2 Å². The molecule has 1 atom stereocenters. The first-order valence-electron chi connectivity index (χ1n) is 3.87. The minimum absolute atomic E-state index is 0.424. The molecule has 0 spiro atoms. The fraction of sp³-hybridized carbons (Fsp3) is 0.556. The predicted molar refractivity (Wildman–Crippen MR) is 51.6 cm³/mol. The van der Waals surface area contributed by atoms with Crippen LogP contribution in [0.2, 0.25) is 0 Å². The summed E-state index contributed by atoms with van der Waals surface area (Å²) in [7, 11) is 0. The SMILES string of the molecule is C=CC(CC)C/C=C(/N)CCl. The predicted octanol–water partition coefficient (Wildman–Crippen LogP) is 2.67. The third-order valence-electron chi connectivity index (χ3n) is 1.69. The third-order valence-corrected chi connectivity index (χ3v) is 2.00. The smallest absolute Gasteiger partial charge is 0.0616 e. The Hall–Kier alpha value is -0.430. The van der Waals surface area contributed by atoms with Crippen LogP contribution in [0.4, 0.5) is 0 Å². The second kappa shape index (κ2) is 6.29. The highest BCUT2D eigenvalue weighted by Gasteiger charge is 1.97. The van der Waals surface area contributed by atoms with Crippen LogP contribution in [0.25, 0.3) is 0 Å². The molecule has 0 bridgehead atoms. The van der Waals surface area contributed by atoms with Crippen LogP contribution in [-0.2, 0) is 0 Å². The van der Waals surface area contributed by atoms with Crippen LogP contribution in [0.1, 0.15) is 19.8 Å². The van der Waals surface area contributed by atoms with Gasteiger partial charge >= 0.3 is 0 Å². The van der Waals surface area contributed by atoms with E-state index in [2.05, 4.69) is 13.5 Å². The molecule has 2 N–H and O–H groups in total. The molecule has 0 aromatic carbocycles. The minimum atomic E-state index is 0.424. The van der Waals surface area contributed by atoms with Crippen molar-refractivity contribution in [3.05, 3.63) is 24.4 Å². The minimum Gasteiger partial charge on any atom is -0.401 e. The standard InChI is InChI=1S/C9H16ClN/c1-3-8(4-2)5-6-9(11)7-10/h3,6,8H,1,4-5,7,11H2,2H3/b9-6+. The zero-order chi connectivity index (χ0) is 8.69. The fourth-order valence-electron chi connectivity index (χ4n) is 0.787. The van der Waals surface area contributed by atoms with Gasteiger partial charge in [-0.25, -0.2) is 0 Å². The summed E-state index contributed by atoms with van der Waals surface area (Å²) in [6, 6.07) is 0. The van der Waals surface area contributed by atoms with Crippen molar-refractivity contribution in [2.24, 2.45) is 11.7 Å². The van der Waals surface area contributed by atoms with Crippen molar-refractivity contribution in [3.63, 3.8) is 0 Å². The van der Waals surface area contributed by atoms with Gasteiger partial charge in [0.25, 0.3) is 0 Å². The summed E-state index contributed by atoms with van der Waals surface area (Å²) in [4.78, 5) is 0. The average molecular weight is 174 g/mol. The number of allylic oxidation sites excluding steroid dienone is 3. The molecular formula is C9H16ClN. The molecule has 0 fully saturated rings.